The van der Waals surface area contributed by atoms with Crippen molar-refractivity contribution in [3.8, 4) is 0 Å². The van der Waals surface area contributed by atoms with Gasteiger partial charge < -0.3 is 10.1 Å². The van der Waals surface area contributed by atoms with Gasteiger partial charge in [0.1, 0.15) is 0 Å². The quantitative estimate of drug-likeness (QED) is 0.700. The lowest BCUT2D eigenvalue weighted by atomic mass is 10.1. The number of ether oxygens (including phenoxy) is 1. The molecular weight excluding hydrogens is 228 g/mol. The van der Waals surface area contributed by atoms with Crippen molar-refractivity contribution in [3.05, 3.63) is 0 Å². The smallest absolute Gasteiger partial charge is 0.307 e. The first-order chi connectivity index (χ1) is 8.70. The van der Waals surface area contributed by atoms with Crippen LogP contribution in [0.2, 0.25) is 0 Å². The minimum atomic E-state index is -0.0602. The summed E-state index contributed by atoms with van der Waals surface area (Å²) in [5.41, 5.74) is 0. The molecule has 0 radical (unpaired) electrons. The number of hydrogen-bond acceptors (Lipinski definition) is 4. The summed E-state index contributed by atoms with van der Waals surface area (Å²) in [5.74, 6) is -0.0602. The Labute approximate surface area is 110 Å². The monoisotopic (exact) mass is 254 g/mol. The van der Waals surface area contributed by atoms with Crippen LogP contribution in [0.3, 0.4) is 0 Å². The van der Waals surface area contributed by atoms with Crippen LogP contribution in [-0.2, 0) is 9.53 Å². The molecule has 0 aromatic heterocycles. The molecule has 0 spiro atoms. The van der Waals surface area contributed by atoms with Crippen molar-refractivity contribution in [2.45, 2.75) is 64.1 Å². The van der Waals surface area contributed by atoms with E-state index >= 15 is 0 Å². The van der Waals surface area contributed by atoms with E-state index in [0.29, 0.717) is 31.2 Å². The lowest BCUT2D eigenvalue weighted by Crippen LogP contribution is -2.44. The first-order valence-electron chi connectivity index (χ1n) is 7.35. The Bertz CT molecular complexity index is 273. The molecule has 2 fully saturated rings. The first kappa shape index (κ1) is 13.8. The highest BCUT2D eigenvalue weighted by Crippen LogP contribution is 2.30. The molecule has 1 saturated heterocycles. The maximum atomic E-state index is 11.6. The van der Waals surface area contributed by atoms with Crippen molar-refractivity contribution in [2.24, 2.45) is 0 Å². The van der Waals surface area contributed by atoms with E-state index in [9.17, 15) is 4.79 Å². The Kier molecular flexibility index (Phi) is 5.01. The maximum absolute atomic E-state index is 11.6. The lowest BCUT2D eigenvalue weighted by molar-refractivity contribution is -0.144. The lowest BCUT2D eigenvalue weighted by Gasteiger charge is -2.31. The van der Waals surface area contributed by atoms with Crippen LogP contribution in [0.1, 0.15) is 46.0 Å². The predicted molar refractivity (Wildman–Crippen MR) is 71.5 cm³/mol. The number of carbonyl (C=O) groups is 1. The molecule has 104 valence electrons. The minimum Gasteiger partial charge on any atom is -0.466 e. The topological polar surface area (TPSA) is 41.6 Å². The molecule has 2 aliphatic rings. The Hall–Kier alpha value is -0.610. The van der Waals surface area contributed by atoms with E-state index in [0.717, 1.165) is 13.1 Å². The van der Waals surface area contributed by atoms with Gasteiger partial charge in [-0.3, -0.25) is 9.69 Å². The molecule has 0 amide bonds. The Morgan fingerprint density at radius 2 is 2.22 bits per heavy atom. The third-order valence-electron chi connectivity index (χ3n) is 3.94. The van der Waals surface area contributed by atoms with Crippen molar-refractivity contribution in [3.63, 3.8) is 0 Å². The summed E-state index contributed by atoms with van der Waals surface area (Å²) < 4.78 is 5.05. The first-order valence-corrected chi connectivity index (χ1v) is 7.35. The Morgan fingerprint density at radius 3 is 2.78 bits per heavy atom. The van der Waals surface area contributed by atoms with Crippen LogP contribution in [0.15, 0.2) is 0 Å². The van der Waals surface area contributed by atoms with E-state index in [2.05, 4.69) is 17.1 Å². The van der Waals surface area contributed by atoms with E-state index in [-0.39, 0.29) is 5.97 Å². The van der Waals surface area contributed by atoms with Crippen molar-refractivity contribution in [1.29, 1.82) is 0 Å². The van der Waals surface area contributed by atoms with E-state index in [1.807, 2.05) is 6.92 Å². The zero-order chi connectivity index (χ0) is 13.0. The van der Waals surface area contributed by atoms with Crippen LogP contribution in [-0.4, -0.2) is 48.7 Å². The zero-order valence-corrected chi connectivity index (χ0v) is 11.7. The Morgan fingerprint density at radius 1 is 1.44 bits per heavy atom. The van der Waals surface area contributed by atoms with Gasteiger partial charge in [-0.25, -0.2) is 0 Å². The molecule has 1 N–H and O–H groups in total. The van der Waals surface area contributed by atoms with Crippen molar-refractivity contribution in [2.75, 3.05) is 19.7 Å². The SMILES string of the molecule is CCOC(=O)CC(C)N(CC1CCCN1)C1CC1. The van der Waals surface area contributed by atoms with E-state index in [1.165, 1.54) is 25.7 Å². The third-order valence-corrected chi connectivity index (χ3v) is 3.94. The van der Waals surface area contributed by atoms with E-state index in [1.54, 1.807) is 0 Å². The summed E-state index contributed by atoms with van der Waals surface area (Å²) in [6.07, 6.45) is 5.67. The number of hydrogen-bond donors (Lipinski definition) is 1. The molecule has 18 heavy (non-hydrogen) atoms. The van der Waals surface area contributed by atoms with E-state index < -0.39 is 0 Å². The fraction of sp³-hybridized carbons (Fsp3) is 0.929. The van der Waals surface area contributed by atoms with Gasteiger partial charge in [0, 0.05) is 24.7 Å². The second kappa shape index (κ2) is 6.53. The maximum Gasteiger partial charge on any atom is 0.307 e. The number of nitrogens with zero attached hydrogens (tertiary/aromatic N) is 1. The molecular formula is C14H26N2O2. The summed E-state index contributed by atoms with van der Waals surface area (Å²) in [6, 6.07) is 1.63. The molecule has 1 heterocycles. The van der Waals surface area contributed by atoms with Gasteiger partial charge in [-0.1, -0.05) is 0 Å². The van der Waals surface area contributed by atoms with Gasteiger partial charge in [0.15, 0.2) is 0 Å². The second-order valence-corrected chi connectivity index (χ2v) is 5.58. The summed E-state index contributed by atoms with van der Waals surface area (Å²) >= 11 is 0. The molecule has 2 unspecified atom stereocenters. The second-order valence-electron chi connectivity index (χ2n) is 5.58. The van der Waals surface area contributed by atoms with Crippen molar-refractivity contribution < 1.29 is 9.53 Å². The molecule has 2 atom stereocenters. The minimum absolute atomic E-state index is 0.0602. The fourth-order valence-corrected chi connectivity index (χ4v) is 2.84. The van der Waals surface area contributed by atoms with Crippen molar-refractivity contribution in [1.82, 2.24) is 10.2 Å². The number of carbonyl (C=O) groups excluding carboxylic acids is 1. The average Bonchev–Trinajstić information content (AvgIpc) is 3.03. The number of nitrogens with one attached hydrogen (secondary N) is 1. The molecule has 0 bridgehead atoms. The van der Waals surface area contributed by atoms with Gasteiger partial charge in [0.05, 0.1) is 13.0 Å². The highest BCUT2D eigenvalue weighted by molar-refractivity contribution is 5.70. The normalized spacial score (nSPS) is 25.4. The fourth-order valence-electron chi connectivity index (χ4n) is 2.84. The standard InChI is InChI=1S/C14H26N2O2/c1-3-18-14(17)9-11(2)16(13-6-7-13)10-12-5-4-8-15-12/h11-13,15H,3-10H2,1-2H3. The summed E-state index contributed by atoms with van der Waals surface area (Å²) in [6.45, 7) is 6.74. The van der Waals surface area contributed by atoms with E-state index in [4.69, 9.17) is 4.74 Å². The van der Waals surface area contributed by atoms with Crippen LogP contribution in [0.4, 0.5) is 0 Å². The zero-order valence-electron chi connectivity index (χ0n) is 11.7. The molecule has 1 aliphatic carbocycles. The summed E-state index contributed by atoms with van der Waals surface area (Å²) in [5, 5.41) is 3.55. The van der Waals surface area contributed by atoms with Gasteiger partial charge in [0.25, 0.3) is 0 Å². The van der Waals surface area contributed by atoms with Crippen LogP contribution >= 0.6 is 0 Å². The van der Waals surface area contributed by atoms with Crippen LogP contribution in [0, 0.1) is 0 Å². The molecule has 1 saturated carbocycles. The van der Waals surface area contributed by atoms with Gasteiger partial charge in [-0.15, -0.1) is 0 Å². The summed E-state index contributed by atoms with van der Waals surface area (Å²) in [4.78, 5) is 14.1. The highest BCUT2D eigenvalue weighted by atomic mass is 16.5. The molecule has 0 aromatic rings. The summed E-state index contributed by atoms with van der Waals surface area (Å²) in [7, 11) is 0. The highest BCUT2D eigenvalue weighted by Gasteiger charge is 2.34. The van der Waals surface area contributed by atoms with Gasteiger partial charge >= 0.3 is 5.97 Å². The van der Waals surface area contributed by atoms with Gasteiger partial charge in [-0.2, -0.15) is 0 Å². The molecule has 4 heteroatoms. The van der Waals surface area contributed by atoms with Gasteiger partial charge in [-0.05, 0) is 46.1 Å². The Balaban J connectivity index is 1.81. The van der Waals surface area contributed by atoms with Crippen LogP contribution in [0.25, 0.3) is 0 Å². The largest absolute Gasteiger partial charge is 0.466 e. The third kappa shape index (κ3) is 3.95. The molecule has 0 aromatic carbocycles. The molecule has 1 aliphatic heterocycles. The predicted octanol–water partition coefficient (Wildman–Crippen LogP) is 1.54. The number of esters is 1. The van der Waals surface area contributed by atoms with Crippen LogP contribution < -0.4 is 5.32 Å². The number of rotatable bonds is 7. The van der Waals surface area contributed by atoms with Gasteiger partial charge in [0.2, 0.25) is 0 Å². The average molecular weight is 254 g/mol. The van der Waals surface area contributed by atoms with Crippen molar-refractivity contribution >= 4 is 5.97 Å². The molecule has 2 rings (SSSR count). The van der Waals surface area contributed by atoms with Crippen LogP contribution in [0.5, 0.6) is 0 Å². The molecule has 4 nitrogen and oxygen atoms in total.